The number of benzene rings is 1. The Bertz CT molecular complexity index is 655. The highest BCUT2D eigenvalue weighted by Crippen LogP contribution is 2.20. The van der Waals surface area contributed by atoms with E-state index >= 15 is 0 Å². The Hall–Kier alpha value is -2.24. The lowest BCUT2D eigenvalue weighted by Crippen LogP contribution is -2.30. The first-order chi connectivity index (χ1) is 11.0. The zero-order valence-corrected chi connectivity index (χ0v) is 13.7. The summed E-state index contributed by atoms with van der Waals surface area (Å²) in [4.78, 5) is 12.2. The zero-order chi connectivity index (χ0) is 16.8. The minimum absolute atomic E-state index is 0.158. The molecule has 1 atom stereocenters. The van der Waals surface area contributed by atoms with Crippen LogP contribution in [0.1, 0.15) is 50.1 Å². The maximum absolute atomic E-state index is 13.6. The summed E-state index contributed by atoms with van der Waals surface area (Å²) in [7, 11) is 0. The van der Waals surface area contributed by atoms with Crippen LogP contribution in [-0.2, 0) is 11.2 Å². The lowest BCUT2D eigenvalue weighted by atomic mass is 10.0. The van der Waals surface area contributed by atoms with Gasteiger partial charge in [-0.1, -0.05) is 32.0 Å². The molecule has 2 aromatic rings. The molecule has 1 heterocycles. The van der Waals surface area contributed by atoms with Gasteiger partial charge in [-0.2, -0.15) is 0 Å². The molecule has 1 aromatic heterocycles. The van der Waals surface area contributed by atoms with Crippen molar-refractivity contribution in [2.75, 3.05) is 0 Å². The number of aromatic nitrogens is 2. The third-order valence-electron chi connectivity index (χ3n) is 3.46. The molecule has 2 rings (SSSR count). The Morgan fingerprint density at radius 2 is 2.04 bits per heavy atom. The van der Waals surface area contributed by atoms with Crippen molar-refractivity contribution in [3.8, 4) is 0 Å². The predicted molar refractivity (Wildman–Crippen MR) is 84.1 cm³/mol. The van der Waals surface area contributed by atoms with E-state index in [0.717, 1.165) is 0 Å². The van der Waals surface area contributed by atoms with Gasteiger partial charge in [0.25, 0.3) is 0 Å². The molecule has 124 valence electrons. The molecule has 0 aliphatic rings. The SMILES string of the molecule is Cc1nnc(C(CC(C)C)NC(=O)CCc2ccccc2F)o1. The van der Waals surface area contributed by atoms with Crippen LogP contribution >= 0.6 is 0 Å². The number of rotatable bonds is 7. The third-order valence-corrected chi connectivity index (χ3v) is 3.46. The predicted octanol–water partition coefficient (Wildman–Crippen LogP) is 3.35. The number of halogens is 1. The van der Waals surface area contributed by atoms with Gasteiger partial charge < -0.3 is 9.73 Å². The fourth-order valence-electron chi connectivity index (χ4n) is 2.36. The van der Waals surface area contributed by atoms with Crippen molar-refractivity contribution in [2.24, 2.45) is 5.92 Å². The van der Waals surface area contributed by atoms with Crippen LogP contribution in [0.3, 0.4) is 0 Å². The lowest BCUT2D eigenvalue weighted by Gasteiger charge is -2.17. The highest BCUT2D eigenvalue weighted by Gasteiger charge is 2.21. The minimum Gasteiger partial charge on any atom is -0.423 e. The van der Waals surface area contributed by atoms with E-state index in [2.05, 4.69) is 29.4 Å². The normalized spacial score (nSPS) is 12.4. The first-order valence-electron chi connectivity index (χ1n) is 7.78. The van der Waals surface area contributed by atoms with Gasteiger partial charge in [-0.25, -0.2) is 4.39 Å². The highest BCUT2D eigenvalue weighted by molar-refractivity contribution is 5.76. The first-order valence-corrected chi connectivity index (χ1v) is 7.78. The van der Waals surface area contributed by atoms with E-state index in [1.165, 1.54) is 6.07 Å². The fourth-order valence-corrected chi connectivity index (χ4v) is 2.36. The fraction of sp³-hybridized carbons (Fsp3) is 0.471. The molecule has 5 nitrogen and oxygen atoms in total. The monoisotopic (exact) mass is 319 g/mol. The Kier molecular flexibility index (Phi) is 5.84. The van der Waals surface area contributed by atoms with Crippen LogP contribution in [0.25, 0.3) is 0 Å². The van der Waals surface area contributed by atoms with Crippen LogP contribution in [0.15, 0.2) is 28.7 Å². The second-order valence-corrected chi connectivity index (χ2v) is 6.00. The van der Waals surface area contributed by atoms with Gasteiger partial charge in [0, 0.05) is 13.3 Å². The van der Waals surface area contributed by atoms with Gasteiger partial charge in [-0.15, -0.1) is 10.2 Å². The summed E-state index contributed by atoms with van der Waals surface area (Å²) in [6.07, 6.45) is 1.27. The standard InChI is InChI=1S/C17H22FN3O2/c1-11(2)10-15(17-21-20-12(3)23-17)19-16(22)9-8-13-6-4-5-7-14(13)18/h4-7,11,15H,8-10H2,1-3H3,(H,19,22). The van der Waals surface area contributed by atoms with Gasteiger partial charge >= 0.3 is 0 Å². The van der Waals surface area contributed by atoms with Crippen molar-refractivity contribution >= 4 is 5.91 Å². The summed E-state index contributed by atoms with van der Waals surface area (Å²) in [6.45, 7) is 5.83. The molecule has 1 aromatic carbocycles. The summed E-state index contributed by atoms with van der Waals surface area (Å²) in [5.41, 5.74) is 0.539. The van der Waals surface area contributed by atoms with E-state index in [-0.39, 0.29) is 24.2 Å². The summed E-state index contributed by atoms with van der Waals surface area (Å²) in [5.74, 6) is 0.796. The number of amides is 1. The summed E-state index contributed by atoms with van der Waals surface area (Å²) in [6, 6.07) is 6.17. The van der Waals surface area contributed by atoms with Gasteiger partial charge in [0.15, 0.2) is 0 Å². The Balaban J connectivity index is 1.96. The Morgan fingerprint density at radius 3 is 2.65 bits per heavy atom. The van der Waals surface area contributed by atoms with Crippen molar-refractivity contribution in [2.45, 2.75) is 46.1 Å². The van der Waals surface area contributed by atoms with E-state index in [1.807, 2.05) is 0 Å². The Labute approximate surface area is 135 Å². The average Bonchev–Trinajstić information content (AvgIpc) is 2.92. The van der Waals surface area contributed by atoms with Crippen LogP contribution < -0.4 is 5.32 Å². The molecule has 1 unspecified atom stereocenters. The largest absolute Gasteiger partial charge is 0.423 e. The van der Waals surface area contributed by atoms with Gasteiger partial charge in [0.1, 0.15) is 11.9 Å². The quantitative estimate of drug-likeness (QED) is 0.850. The number of carbonyl (C=O) groups excluding carboxylic acids is 1. The highest BCUT2D eigenvalue weighted by atomic mass is 19.1. The average molecular weight is 319 g/mol. The molecule has 23 heavy (non-hydrogen) atoms. The number of nitrogens with one attached hydrogen (secondary N) is 1. The summed E-state index contributed by atoms with van der Waals surface area (Å²) >= 11 is 0. The zero-order valence-electron chi connectivity index (χ0n) is 13.7. The first kappa shape index (κ1) is 17.1. The second kappa shape index (κ2) is 7.85. The van der Waals surface area contributed by atoms with Crippen LogP contribution in [0, 0.1) is 18.7 Å². The lowest BCUT2D eigenvalue weighted by molar-refractivity contribution is -0.122. The van der Waals surface area contributed by atoms with Crippen molar-refractivity contribution in [1.29, 1.82) is 0 Å². The van der Waals surface area contributed by atoms with Crippen molar-refractivity contribution < 1.29 is 13.6 Å². The molecule has 0 saturated heterocycles. The smallest absolute Gasteiger partial charge is 0.238 e. The van der Waals surface area contributed by atoms with E-state index < -0.39 is 0 Å². The van der Waals surface area contributed by atoms with E-state index in [0.29, 0.717) is 36.1 Å². The van der Waals surface area contributed by atoms with E-state index in [9.17, 15) is 9.18 Å². The van der Waals surface area contributed by atoms with Crippen molar-refractivity contribution in [3.05, 3.63) is 47.4 Å². The van der Waals surface area contributed by atoms with Gasteiger partial charge in [0.05, 0.1) is 0 Å². The minimum atomic E-state index is -0.315. The number of aryl methyl sites for hydroxylation is 2. The van der Waals surface area contributed by atoms with E-state index in [4.69, 9.17) is 4.42 Å². The number of hydrogen-bond donors (Lipinski definition) is 1. The molecule has 1 N–H and O–H groups in total. The molecular weight excluding hydrogens is 297 g/mol. The van der Waals surface area contributed by atoms with Crippen LogP contribution in [0.2, 0.25) is 0 Å². The Morgan fingerprint density at radius 1 is 1.30 bits per heavy atom. The molecular formula is C17H22FN3O2. The van der Waals surface area contributed by atoms with Gasteiger partial charge in [-0.3, -0.25) is 4.79 Å². The maximum atomic E-state index is 13.6. The molecule has 0 saturated carbocycles. The van der Waals surface area contributed by atoms with E-state index in [1.54, 1.807) is 25.1 Å². The molecule has 1 amide bonds. The number of nitrogens with zero attached hydrogens (tertiary/aromatic N) is 2. The maximum Gasteiger partial charge on any atom is 0.238 e. The van der Waals surface area contributed by atoms with Crippen LogP contribution in [0.5, 0.6) is 0 Å². The van der Waals surface area contributed by atoms with Crippen LogP contribution in [-0.4, -0.2) is 16.1 Å². The molecule has 0 bridgehead atoms. The summed E-state index contributed by atoms with van der Waals surface area (Å²) in [5, 5.41) is 10.7. The topological polar surface area (TPSA) is 68.0 Å². The molecule has 0 aliphatic heterocycles. The van der Waals surface area contributed by atoms with Crippen molar-refractivity contribution in [3.63, 3.8) is 0 Å². The molecule has 0 aliphatic carbocycles. The molecule has 0 spiro atoms. The van der Waals surface area contributed by atoms with Gasteiger partial charge in [0.2, 0.25) is 17.7 Å². The third kappa shape index (κ3) is 5.16. The second-order valence-electron chi connectivity index (χ2n) is 6.00. The molecule has 0 radical (unpaired) electrons. The number of carbonyl (C=O) groups is 1. The molecule has 0 fully saturated rings. The van der Waals surface area contributed by atoms with Gasteiger partial charge in [-0.05, 0) is 30.4 Å². The van der Waals surface area contributed by atoms with Crippen LogP contribution in [0.4, 0.5) is 4.39 Å². The summed E-state index contributed by atoms with van der Waals surface area (Å²) < 4.78 is 19.0. The number of hydrogen-bond acceptors (Lipinski definition) is 4. The van der Waals surface area contributed by atoms with Crippen molar-refractivity contribution in [1.82, 2.24) is 15.5 Å². The molecule has 6 heteroatoms.